The lowest BCUT2D eigenvalue weighted by Crippen LogP contribution is -2.43. The second kappa shape index (κ2) is 8.62. The van der Waals surface area contributed by atoms with E-state index in [1.165, 1.54) is 6.92 Å². The lowest BCUT2D eigenvalue weighted by molar-refractivity contribution is -0.119. The van der Waals surface area contributed by atoms with Crippen LogP contribution < -0.4 is 33.8 Å². The van der Waals surface area contributed by atoms with E-state index in [0.29, 0.717) is 0 Å². The van der Waals surface area contributed by atoms with Gasteiger partial charge in [0.1, 0.15) is 0 Å². The van der Waals surface area contributed by atoms with Gasteiger partial charge in [0.25, 0.3) is 0 Å². The minimum atomic E-state index is -0.602. The predicted octanol–water partition coefficient (Wildman–Crippen LogP) is -2.97. The highest BCUT2D eigenvalue weighted by Crippen LogP contribution is 1.42. The normalized spacial score (nSPS) is 6.91. The van der Waals surface area contributed by atoms with Crippen LogP contribution in [0.2, 0.25) is 0 Å². The van der Waals surface area contributed by atoms with Gasteiger partial charge in [0, 0.05) is 6.92 Å². The van der Waals surface area contributed by atoms with Gasteiger partial charge < -0.3 is 0 Å². The molecule has 0 atom stereocenters. The summed E-state index contributed by atoms with van der Waals surface area (Å²) >= 11 is 0. The van der Waals surface area contributed by atoms with E-state index in [0.717, 1.165) is 0 Å². The van der Waals surface area contributed by atoms with Crippen LogP contribution in [0.5, 0.6) is 0 Å². The van der Waals surface area contributed by atoms with Crippen LogP contribution >= 0.6 is 0 Å². The third-order valence-corrected chi connectivity index (χ3v) is 0.465. The first-order chi connectivity index (χ1) is 5.08. The molecule has 0 bridgehead atoms. The summed E-state index contributed by atoms with van der Waals surface area (Å²) in [5, 5.41) is 0. The third kappa shape index (κ3) is 17.7. The number of nitrogens with two attached hydrogens (primary N) is 3. The van der Waals surface area contributed by atoms with Gasteiger partial charge in [-0.05, 0) is 0 Å². The smallest absolute Gasteiger partial charge is 0.295 e. The first-order valence-electron chi connectivity index (χ1n) is 2.52. The zero-order chi connectivity index (χ0) is 9.28. The van der Waals surface area contributed by atoms with Gasteiger partial charge in [-0.25, -0.2) is 22.3 Å². The Hall–Kier alpha value is -1.38. The molecule has 0 aromatic rings. The molecule has 3 amide bonds. The number of rotatable bonds is 0. The van der Waals surface area contributed by atoms with Crippen LogP contribution in [-0.4, -0.2) is 11.9 Å². The van der Waals surface area contributed by atoms with Crippen molar-refractivity contribution in [2.24, 2.45) is 17.5 Å². The molecule has 0 saturated heterocycles. The number of carbonyl (C=O) groups is 2. The van der Waals surface area contributed by atoms with Crippen LogP contribution in [0.3, 0.4) is 0 Å². The molecule has 0 aromatic carbocycles. The lowest BCUT2D eigenvalue weighted by atomic mass is 10.8. The van der Waals surface area contributed by atoms with Crippen molar-refractivity contribution in [3.05, 3.63) is 0 Å². The number of hydrogen-bond donors (Lipinski definition) is 6. The molecule has 0 heterocycles. The fourth-order valence-electron chi connectivity index (χ4n) is 0.0417. The third-order valence-electron chi connectivity index (χ3n) is 0.465. The Balaban J connectivity index is 0. The van der Waals surface area contributed by atoms with Crippen molar-refractivity contribution >= 4 is 11.9 Å². The van der Waals surface area contributed by atoms with Crippen molar-refractivity contribution in [3.63, 3.8) is 0 Å². The van der Waals surface area contributed by atoms with Gasteiger partial charge >= 0.3 is 6.03 Å². The summed E-state index contributed by atoms with van der Waals surface area (Å²) in [5.41, 5.74) is 5.37. The molecular weight excluding hydrogens is 152 g/mol. The maximum absolute atomic E-state index is 9.71. The van der Waals surface area contributed by atoms with Gasteiger partial charge in [-0.15, -0.1) is 0 Å². The molecule has 0 rings (SSSR count). The molecule has 0 spiro atoms. The summed E-state index contributed by atoms with van der Waals surface area (Å²) in [7, 11) is 0. The van der Waals surface area contributed by atoms with Crippen LogP contribution in [0.25, 0.3) is 0 Å². The van der Waals surface area contributed by atoms with Crippen LogP contribution in [0.15, 0.2) is 0 Å². The second-order valence-electron chi connectivity index (χ2n) is 1.32. The number of urea groups is 1. The molecule has 0 aliphatic rings. The summed E-state index contributed by atoms with van der Waals surface area (Å²) in [6.07, 6.45) is 0. The summed E-state index contributed by atoms with van der Waals surface area (Å²) in [6, 6.07) is -0.602. The quantitative estimate of drug-likeness (QED) is 0.128. The molecule has 11 heavy (non-hydrogen) atoms. The number of amides is 3. The monoisotopic (exact) mass is 164 g/mol. The Labute approximate surface area is 63.4 Å². The molecule has 0 radical (unpaired) electrons. The molecule has 0 aliphatic carbocycles. The topological polar surface area (TPSA) is 148 Å². The Morgan fingerprint density at radius 3 is 1.27 bits per heavy atom. The van der Waals surface area contributed by atoms with Gasteiger partial charge in [-0.2, -0.15) is 0 Å². The van der Waals surface area contributed by atoms with Gasteiger partial charge in [-0.3, -0.25) is 21.1 Å². The van der Waals surface area contributed by atoms with Gasteiger partial charge in [-0.1, -0.05) is 0 Å². The van der Waals surface area contributed by atoms with Crippen LogP contribution in [0.1, 0.15) is 6.92 Å². The average Bonchev–Trinajstić information content (AvgIpc) is 2.04. The van der Waals surface area contributed by atoms with Crippen molar-refractivity contribution in [1.29, 1.82) is 0 Å². The fourth-order valence-corrected chi connectivity index (χ4v) is 0.0417. The molecule has 9 N–H and O–H groups in total. The van der Waals surface area contributed by atoms with Gasteiger partial charge in [0.2, 0.25) is 5.91 Å². The zero-order valence-corrected chi connectivity index (χ0v) is 6.05. The van der Waals surface area contributed by atoms with E-state index >= 15 is 0 Å². The van der Waals surface area contributed by atoms with E-state index in [9.17, 15) is 9.59 Å². The highest BCUT2D eigenvalue weighted by Gasteiger charge is 1.83. The molecule has 0 aromatic heterocycles. The second-order valence-corrected chi connectivity index (χ2v) is 1.32. The fraction of sp³-hybridized carbons (Fsp3) is 0.333. The average molecular weight is 164 g/mol. The SMILES string of the molecule is CC(=O)NN.NNC(=O)NN. The van der Waals surface area contributed by atoms with Crippen molar-refractivity contribution in [2.45, 2.75) is 6.92 Å². The van der Waals surface area contributed by atoms with Crippen LogP contribution in [0, 0.1) is 0 Å². The van der Waals surface area contributed by atoms with E-state index in [1.54, 1.807) is 10.9 Å². The Bertz CT molecular complexity index is 119. The molecule has 8 nitrogen and oxygen atoms in total. The number of nitrogens with one attached hydrogen (secondary N) is 3. The standard InChI is InChI=1S/C2H6N2O.CH6N4O/c1-2(5)4-3;2-4-1(6)5-3/h3H2,1H3,(H,4,5);2-3H2,(H2,4,5,6). The Morgan fingerprint density at radius 1 is 1.00 bits per heavy atom. The van der Waals surface area contributed by atoms with Crippen molar-refractivity contribution < 1.29 is 9.59 Å². The summed E-state index contributed by atoms with van der Waals surface area (Å²) < 4.78 is 0. The largest absolute Gasteiger partial charge is 0.343 e. The molecule has 0 unspecified atom stereocenters. The number of hydrazine groups is 3. The van der Waals surface area contributed by atoms with Crippen LogP contribution in [-0.2, 0) is 4.79 Å². The molecule has 0 aliphatic heterocycles. The summed E-state index contributed by atoms with van der Waals surface area (Å²) in [5.74, 6) is 13.4. The van der Waals surface area contributed by atoms with Gasteiger partial charge in [0.15, 0.2) is 0 Å². The van der Waals surface area contributed by atoms with Gasteiger partial charge in [0.05, 0.1) is 0 Å². The van der Waals surface area contributed by atoms with Crippen molar-refractivity contribution in [2.75, 3.05) is 0 Å². The number of carbonyl (C=O) groups excluding carboxylic acids is 2. The van der Waals surface area contributed by atoms with Crippen molar-refractivity contribution in [3.8, 4) is 0 Å². The highest BCUT2D eigenvalue weighted by molar-refractivity contribution is 5.72. The molecular formula is C3H12N6O2. The van der Waals surface area contributed by atoms with E-state index < -0.39 is 6.03 Å². The summed E-state index contributed by atoms with van der Waals surface area (Å²) in [4.78, 5) is 19.3. The van der Waals surface area contributed by atoms with E-state index in [2.05, 4.69) is 17.5 Å². The maximum Gasteiger partial charge on any atom is 0.343 e. The predicted molar refractivity (Wildman–Crippen MR) is 38.0 cm³/mol. The first kappa shape index (κ1) is 12.3. The van der Waals surface area contributed by atoms with Crippen molar-refractivity contribution in [1.82, 2.24) is 16.3 Å². The Kier molecular flexibility index (Phi) is 9.65. The zero-order valence-electron chi connectivity index (χ0n) is 6.05. The molecule has 0 saturated carbocycles. The van der Waals surface area contributed by atoms with E-state index in [-0.39, 0.29) is 5.91 Å². The molecule has 8 heteroatoms. The van der Waals surface area contributed by atoms with Crippen LogP contribution in [0.4, 0.5) is 4.79 Å². The molecule has 0 fully saturated rings. The minimum Gasteiger partial charge on any atom is -0.295 e. The summed E-state index contributed by atoms with van der Waals surface area (Å²) in [6.45, 7) is 1.35. The highest BCUT2D eigenvalue weighted by atomic mass is 16.2. The molecule has 66 valence electrons. The Morgan fingerprint density at radius 2 is 1.27 bits per heavy atom. The first-order valence-corrected chi connectivity index (χ1v) is 2.52. The lowest BCUT2D eigenvalue weighted by Gasteiger charge is -1.90. The number of hydrogen-bond acceptors (Lipinski definition) is 5. The van der Waals surface area contributed by atoms with E-state index in [4.69, 9.17) is 0 Å². The minimum absolute atomic E-state index is 0.218. The van der Waals surface area contributed by atoms with E-state index in [1.807, 2.05) is 5.43 Å². The maximum atomic E-state index is 9.71.